The van der Waals surface area contributed by atoms with Crippen molar-refractivity contribution in [1.29, 1.82) is 0 Å². The second-order valence-electron chi connectivity index (χ2n) is 3.18. The Morgan fingerprint density at radius 2 is 2.40 bits per heavy atom. The molecule has 78 valence electrons. The van der Waals surface area contributed by atoms with Crippen LogP contribution in [0.25, 0.3) is 0 Å². The molecule has 0 atom stereocenters. The van der Waals surface area contributed by atoms with Crippen LogP contribution in [0.2, 0.25) is 0 Å². The number of nitrogens with zero attached hydrogens (tertiary/aromatic N) is 5. The maximum absolute atomic E-state index is 4.30. The van der Waals surface area contributed by atoms with Gasteiger partial charge in [-0.15, -0.1) is 16.4 Å². The molecule has 0 aromatic carbocycles. The van der Waals surface area contributed by atoms with Gasteiger partial charge in [0.2, 0.25) is 5.16 Å². The summed E-state index contributed by atoms with van der Waals surface area (Å²) in [7, 11) is 0. The van der Waals surface area contributed by atoms with E-state index in [0.717, 1.165) is 14.1 Å². The van der Waals surface area contributed by atoms with Gasteiger partial charge in [0.25, 0.3) is 0 Å². The third-order valence-corrected chi connectivity index (χ3v) is 4.59. The lowest BCUT2D eigenvalue weighted by molar-refractivity contribution is 0.565. The average Bonchev–Trinajstić information content (AvgIpc) is 2.83. The van der Waals surface area contributed by atoms with E-state index in [2.05, 4.69) is 36.4 Å². The van der Waals surface area contributed by atoms with E-state index in [9.17, 15) is 0 Å². The summed E-state index contributed by atoms with van der Waals surface area (Å²) in [6.45, 7) is 0. The second kappa shape index (κ2) is 3.84. The predicted octanol–water partition coefficient (Wildman–Crippen LogP) is 2.38. The summed E-state index contributed by atoms with van der Waals surface area (Å²) in [5, 5.41) is 14.5. The van der Waals surface area contributed by atoms with Crippen LogP contribution in [0, 0.1) is 0 Å². The number of rotatable bonds is 3. The van der Waals surface area contributed by atoms with Crippen LogP contribution in [-0.2, 0) is 0 Å². The molecular weight excluding hydrogens is 298 g/mol. The zero-order valence-corrected chi connectivity index (χ0v) is 10.7. The first-order valence-electron chi connectivity index (χ1n) is 4.39. The van der Waals surface area contributed by atoms with Gasteiger partial charge in [0.05, 0.1) is 6.04 Å². The van der Waals surface area contributed by atoms with Gasteiger partial charge in [0, 0.05) is 5.38 Å². The molecule has 1 aliphatic rings. The van der Waals surface area contributed by atoms with Gasteiger partial charge in [0.15, 0.2) is 4.34 Å². The molecule has 1 fully saturated rings. The molecule has 3 rings (SSSR count). The summed E-state index contributed by atoms with van der Waals surface area (Å²) in [6.07, 6.45) is 2.36. The highest BCUT2D eigenvalue weighted by atomic mass is 79.9. The number of aromatic nitrogens is 5. The highest BCUT2D eigenvalue weighted by Crippen LogP contribution is 2.38. The Morgan fingerprint density at radius 3 is 3.07 bits per heavy atom. The summed E-state index contributed by atoms with van der Waals surface area (Å²) in [5.74, 6) is 0. The van der Waals surface area contributed by atoms with Gasteiger partial charge in [-0.05, 0) is 51.0 Å². The van der Waals surface area contributed by atoms with Gasteiger partial charge in [0.1, 0.15) is 4.60 Å². The van der Waals surface area contributed by atoms with E-state index in [0.29, 0.717) is 6.04 Å². The summed E-state index contributed by atoms with van der Waals surface area (Å²) in [5.41, 5.74) is 0. The zero-order valence-electron chi connectivity index (χ0n) is 7.50. The second-order valence-corrected chi connectivity index (χ2v) is 6.06. The van der Waals surface area contributed by atoms with Crippen LogP contribution in [-0.4, -0.2) is 25.2 Å². The lowest BCUT2D eigenvalue weighted by atomic mass is 10.7. The number of hydrogen-bond acceptors (Lipinski definition) is 6. The molecule has 1 aliphatic carbocycles. The number of thiazole rings is 1. The molecule has 1 saturated carbocycles. The van der Waals surface area contributed by atoms with E-state index in [1.807, 2.05) is 10.1 Å². The molecule has 2 aromatic heterocycles. The van der Waals surface area contributed by atoms with E-state index in [1.165, 1.54) is 24.6 Å². The van der Waals surface area contributed by atoms with E-state index in [4.69, 9.17) is 0 Å². The summed E-state index contributed by atoms with van der Waals surface area (Å²) >= 11 is 6.42. The summed E-state index contributed by atoms with van der Waals surface area (Å²) in [4.78, 5) is 4.30. The first-order chi connectivity index (χ1) is 7.33. The quantitative estimate of drug-likeness (QED) is 0.871. The fourth-order valence-electron chi connectivity index (χ4n) is 1.16. The van der Waals surface area contributed by atoms with Gasteiger partial charge in [-0.25, -0.2) is 9.67 Å². The zero-order chi connectivity index (χ0) is 10.3. The Labute approximate surface area is 102 Å². The lowest BCUT2D eigenvalue weighted by Crippen LogP contribution is -1.98. The molecule has 15 heavy (non-hydrogen) atoms. The predicted molar refractivity (Wildman–Crippen MR) is 60.0 cm³/mol. The monoisotopic (exact) mass is 303 g/mol. The lowest BCUT2D eigenvalue weighted by Gasteiger charge is -1.98. The topological polar surface area (TPSA) is 56.5 Å². The molecule has 0 aliphatic heterocycles. The van der Waals surface area contributed by atoms with Crippen LogP contribution in [0.1, 0.15) is 18.9 Å². The van der Waals surface area contributed by atoms with Crippen molar-refractivity contribution in [2.75, 3.05) is 0 Å². The van der Waals surface area contributed by atoms with Crippen molar-refractivity contribution in [3.8, 4) is 0 Å². The van der Waals surface area contributed by atoms with Crippen LogP contribution in [0.15, 0.2) is 19.5 Å². The van der Waals surface area contributed by atoms with E-state index < -0.39 is 0 Å². The molecule has 0 unspecified atom stereocenters. The fourth-order valence-corrected chi connectivity index (χ4v) is 3.48. The number of tetrazole rings is 1. The van der Waals surface area contributed by atoms with Crippen LogP contribution in [0.4, 0.5) is 0 Å². The van der Waals surface area contributed by atoms with Crippen molar-refractivity contribution in [2.24, 2.45) is 0 Å². The molecule has 0 bridgehead atoms. The van der Waals surface area contributed by atoms with Gasteiger partial charge in [-0.1, -0.05) is 0 Å². The standard InChI is InChI=1S/C7H6BrN5S2/c8-5-3-14-7(9-5)15-6-10-11-12-13(6)4-1-2-4/h3-4H,1-2H2. The third-order valence-electron chi connectivity index (χ3n) is 1.99. The number of halogens is 1. The van der Waals surface area contributed by atoms with Gasteiger partial charge in [-0.3, -0.25) is 0 Å². The highest BCUT2D eigenvalue weighted by molar-refractivity contribution is 9.10. The minimum atomic E-state index is 0.505. The minimum Gasteiger partial charge on any atom is -0.222 e. The van der Waals surface area contributed by atoms with Crippen LogP contribution >= 0.6 is 39.0 Å². The molecular formula is C7H6BrN5S2. The van der Waals surface area contributed by atoms with Crippen molar-refractivity contribution in [1.82, 2.24) is 25.2 Å². The summed E-state index contributed by atoms with van der Waals surface area (Å²) in [6, 6.07) is 0.505. The largest absolute Gasteiger partial charge is 0.222 e. The van der Waals surface area contributed by atoms with Crippen LogP contribution in [0.3, 0.4) is 0 Å². The Bertz CT molecular complexity index is 477. The van der Waals surface area contributed by atoms with Crippen molar-refractivity contribution >= 4 is 39.0 Å². The Balaban J connectivity index is 1.84. The van der Waals surface area contributed by atoms with Gasteiger partial charge < -0.3 is 0 Å². The minimum absolute atomic E-state index is 0.505. The molecule has 0 spiro atoms. The van der Waals surface area contributed by atoms with Crippen LogP contribution < -0.4 is 0 Å². The normalized spacial score (nSPS) is 15.8. The van der Waals surface area contributed by atoms with E-state index in [-0.39, 0.29) is 0 Å². The molecule has 0 N–H and O–H groups in total. The van der Waals surface area contributed by atoms with E-state index >= 15 is 0 Å². The summed E-state index contributed by atoms with van der Waals surface area (Å²) < 4.78 is 3.71. The highest BCUT2D eigenvalue weighted by Gasteiger charge is 2.28. The number of hydrogen-bond donors (Lipinski definition) is 0. The van der Waals surface area contributed by atoms with Crippen molar-refractivity contribution in [2.45, 2.75) is 28.4 Å². The maximum atomic E-state index is 4.30. The third kappa shape index (κ3) is 2.06. The van der Waals surface area contributed by atoms with Crippen LogP contribution in [0.5, 0.6) is 0 Å². The SMILES string of the molecule is Brc1csc(Sc2nnnn2C2CC2)n1. The first kappa shape index (κ1) is 9.73. The van der Waals surface area contributed by atoms with E-state index in [1.54, 1.807) is 11.3 Å². The Kier molecular flexibility index (Phi) is 2.49. The van der Waals surface area contributed by atoms with Crippen molar-refractivity contribution < 1.29 is 0 Å². The Morgan fingerprint density at radius 1 is 1.53 bits per heavy atom. The fraction of sp³-hybridized carbons (Fsp3) is 0.429. The molecule has 2 heterocycles. The maximum Gasteiger partial charge on any atom is 0.216 e. The smallest absolute Gasteiger partial charge is 0.216 e. The molecule has 0 saturated heterocycles. The molecule has 8 heteroatoms. The average molecular weight is 304 g/mol. The van der Waals surface area contributed by atoms with Gasteiger partial charge in [-0.2, -0.15) is 0 Å². The molecule has 2 aromatic rings. The van der Waals surface area contributed by atoms with Gasteiger partial charge >= 0.3 is 0 Å². The molecule has 0 radical (unpaired) electrons. The van der Waals surface area contributed by atoms with Crippen molar-refractivity contribution in [3.05, 3.63) is 9.98 Å². The van der Waals surface area contributed by atoms with Crippen molar-refractivity contribution in [3.63, 3.8) is 0 Å². The Hall–Kier alpha value is -0.470. The molecule has 0 amide bonds. The first-order valence-corrected chi connectivity index (χ1v) is 6.88. The molecule has 5 nitrogen and oxygen atoms in total.